The summed E-state index contributed by atoms with van der Waals surface area (Å²) < 4.78 is 36.7. The molecule has 8 heteroatoms. The van der Waals surface area contributed by atoms with Crippen molar-refractivity contribution in [3.05, 3.63) is 48.0 Å². The van der Waals surface area contributed by atoms with E-state index >= 15 is 0 Å². The number of rotatable bonds is 5. The first-order valence-corrected chi connectivity index (χ1v) is 7.75. The van der Waals surface area contributed by atoms with Gasteiger partial charge >= 0.3 is 0 Å². The Hall–Kier alpha value is -3.16. The molecule has 1 atom stereocenters. The van der Waals surface area contributed by atoms with Gasteiger partial charge in [0.25, 0.3) is 5.91 Å². The van der Waals surface area contributed by atoms with Crippen molar-refractivity contribution < 1.29 is 27.8 Å². The molecule has 2 aromatic rings. The van der Waals surface area contributed by atoms with Gasteiger partial charge in [0.2, 0.25) is 5.91 Å². The number of carbonyl (C=O) groups is 2. The van der Waals surface area contributed by atoms with Crippen molar-refractivity contribution >= 4 is 23.2 Å². The van der Waals surface area contributed by atoms with E-state index in [0.29, 0.717) is 17.2 Å². The largest absolute Gasteiger partial charge is 0.493 e. The van der Waals surface area contributed by atoms with Crippen LogP contribution in [0, 0.1) is 11.6 Å². The Labute approximate surface area is 148 Å². The second kappa shape index (κ2) is 6.99. The van der Waals surface area contributed by atoms with Crippen LogP contribution in [-0.4, -0.2) is 32.1 Å². The smallest absolute Gasteiger partial charge is 0.256 e. The van der Waals surface area contributed by atoms with Crippen LogP contribution in [0.25, 0.3) is 0 Å². The van der Waals surface area contributed by atoms with Crippen molar-refractivity contribution in [1.29, 1.82) is 0 Å². The lowest BCUT2D eigenvalue weighted by Crippen LogP contribution is -2.34. The first-order chi connectivity index (χ1) is 12.4. The maximum Gasteiger partial charge on any atom is 0.256 e. The van der Waals surface area contributed by atoms with Crippen LogP contribution in [0.3, 0.4) is 0 Å². The number of amides is 2. The second-order valence-corrected chi connectivity index (χ2v) is 5.64. The molecule has 3 rings (SSSR count). The molecular formula is C18H16F2N2O4. The van der Waals surface area contributed by atoms with Crippen molar-refractivity contribution in [2.45, 2.75) is 12.5 Å². The molecule has 2 aromatic carbocycles. The predicted molar refractivity (Wildman–Crippen MR) is 90.4 cm³/mol. The Balaban J connectivity index is 1.83. The Morgan fingerprint density at radius 1 is 1.00 bits per heavy atom. The van der Waals surface area contributed by atoms with Gasteiger partial charge < -0.3 is 14.8 Å². The van der Waals surface area contributed by atoms with E-state index in [1.807, 2.05) is 0 Å². The van der Waals surface area contributed by atoms with E-state index in [1.54, 1.807) is 12.1 Å². The van der Waals surface area contributed by atoms with Crippen molar-refractivity contribution in [3.8, 4) is 11.5 Å². The highest BCUT2D eigenvalue weighted by Crippen LogP contribution is 2.34. The molecule has 1 fully saturated rings. The summed E-state index contributed by atoms with van der Waals surface area (Å²) in [5.74, 6) is -2.09. The molecule has 26 heavy (non-hydrogen) atoms. The van der Waals surface area contributed by atoms with Crippen LogP contribution < -0.4 is 19.7 Å². The summed E-state index contributed by atoms with van der Waals surface area (Å²) in [6, 6.07) is 6.99. The van der Waals surface area contributed by atoms with E-state index in [1.165, 1.54) is 26.4 Å². The van der Waals surface area contributed by atoms with Gasteiger partial charge in [-0.2, -0.15) is 0 Å². The number of carbonyl (C=O) groups excluding carboxylic acids is 2. The Kier molecular flexibility index (Phi) is 4.75. The van der Waals surface area contributed by atoms with Crippen LogP contribution in [0.1, 0.15) is 6.42 Å². The molecular weight excluding hydrogens is 346 g/mol. The lowest BCUT2D eigenvalue weighted by Gasteiger charge is -2.18. The topological polar surface area (TPSA) is 67.9 Å². The monoisotopic (exact) mass is 362 g/mol. The summed E-state index contributed by atoms with van der Waals surface area (Å²) in [5, 5.41) is 2.77. The van der Waals surface area contributed by atoms with Crippen molar-refractivity contribution in [2.75, 3.05) is 24.4 Å². The van der Waals surface area contributed by atoms with Gasteiger partial charge in [0.05, 0.1) is 26.3 Å². The lowest BCUT2D eigenvalue weighted by molar-refractivity contribution is -0.121. The number of ether oxygens (including phenoxy) is 2. The minimum Gasteiger partial charge on any atom is -0.493 e. The molecule has 6 nitrogen and oxygen atoms in total. The SMILES string of the molecule is COc1ccc(N2C(=O)C[C@@H](Nc3ccc(F)c(F)c3)C2=O)cc1OC. The number of halogens is 2. The van der Waals surface area contributed by atoms with E-state index in [4.69, 9.17) is 9.47 Å². The van der Waals surface area contributed by atoms with Crippen LogP contribution in [0.15, 0.2) is 36.4 Å². The summed E-state index contributed by atoms with van der Waals surface area (Å²) >= 11 is 0. The fourth-order valence-corrected chi connectivity index (χ4v) is 2.77. The first-order valence-electron chi connectivity index (χ1n) is 7.75. The molecule has 0 unspecified atom stereocenters. The average molecular weight is 362 g/mol. The minimum absolute atomic E-state index is 0.105. The standard InChI is InChI=1S/C18H16F2N2O4/c1-25-15-6-4-11(8-16(15)26-2)22-17(23)9-14(18(22)24)21-10-3-5-12(19)13(20)7-10/h3-8,14,21H,9H2,1-2H3/t14-/m1/s1. The molecule has 0 aliphatic carbocycles. The highest BCUT2D eigenvalue weighted by atomic mass is 19.2. The molecule has 136 valence electrons. The molecule has 0 spiro atoms. The van der Waals surface area contributed by atoms with E-state index < -0.39 is 29.5 Å². The molecule has 1 saturated heterocycles. The van der Waals surface area contributed by atoms with E-state index in [9.17, 15) is 18.4 Å². The highest BCUT2D eigenvalue weighted by molar-refractivity contribution is 6.23. The third-order valence-electron chi connectivity index (χ3n) is 4.03. The van der Waals surface area contributed by atoms with Gasteiger partial charge in [0, 0.05) is 17.8 Å². The predicted octanol–water partition coefficient (Wildman–Crippen LogP) is 2.73. The molecule has 0 bridgehead atoms. The van der Waals surface area contributed by atoms with Crippen molar-refractivity contribution in [3.63, 3.8) is 0 Å². The molecule has 0 aromatic heterocycles. The molecule has 1 aliphatic rings. The van der Waals surface area contributed by atoms with Gasteiger partial charge in [0.1, 0.15) is 6.04 Å². The number of hydrogen-bond donors (Lipinski definition) is 1. The molecule has 1 heterocycles. The van der Waals surface area contributed by atoms with Gasteiger partial charge in [-0.1, -0.05) is 0 Å². The van der Waals surface area contributed by atoms with Crippen LogP contribution in [0.2, 0.25) is 0 Å². The minimum atomic E-state index is -1.04. The number of nitrogens with one attached hydrogen (secondary N) is 1. The highest BCUT2D eigenvalue weighted by Gasteiger charge is 2.40. The van der Waals surface area contributed by atoms with Gasteiger partial charge in [-0.15, -0.1) is 0 Å². The summed E-state index contributed by atoms with van der Waals surface area (Å²) in [7, 11) is 2.92. The van der Waals surface area contributed by atoms with Gasteiger partial charge in [-0.3, -0.25) is 9.59 Å². The molecule has 1 aliphatic heterocycles. The summed E-state index contributed by atoms with van der Waals surface area (Å²) in [6.45, 7) is 0. The van der Waals surface area contributed by atoms with Crippen molar-refractivity contribution in [1.82, 2.24) is 0 Å². The molecule has 0 radical (unpaired) electrons. The number of methoxy groups -OCH3 is 2. The van der Waals surface area contributed by atoms with Gasteiger partial charge in [-0.05, 0) is 24.3 Å². The normalized spacial score (nSPS) is 16.8. The van der Waals surface area contributed by atoms with Crippen LogP contribution in [-0.2, 0) is 9.59 Å². The average Bonchev–Trinajstić information content (AvgIpc) is 2.91. The van der Waals surface area contributed by atoms with Crippen molar-refractivity contribution in [2.24, 2.45) is 0 Å². The summed E-state index contributed by atoms with van der Waals surface area (Å²) in [5.41, 5.74) is 0.552. The van der Waals surface area contributed by atoms with E-state index in [2.05, 4.69) is 5.32 Å². The number of benzene rings is 2. The van der Waals surface area contributed by atoms with Crippen LogP contribution >= 0.6 is 0 Å². The number of imide groups is 1. The van der Waals surface area contributed by atoms with E-state index in [-0.39, 0.29) is 12.1 Å². The quantitative estimate of drug-likeness (QED) is 0.829. The Morgan fingerprint density at radius 2 is 1.73 bits per heavy atom. The van der Waals surface area contributed by atoms with E-state index in [0.717, 1.165) is 17.0 Å². The fourth-order valence-electron chi connectivity index (χ4n) is 2.77. The zero-order valence-corrected chi connectivity index (χ0v) is 14.1. The maximum atomic E-state index is 13.3. The Morgan fingerprint density at radius 3 is 2.38 bits per heavy atom. The number of anilines is 2. The molecule has 1 N–H and O–H groups in total. The van der Waals surface area contributed by atoms with Gasteiger partial charge in [-0.25, -0.2) is 13.7 Å². The van der Waals surface area contributed by atoms with Gasteiger partial charge in [0.15, 0.2) is 23.1 Å². The van der Waals surface area contributed by atoms with Crippen LogP contribution in [0.4, 0.5) is 20.2 Å². The zero-order chi connectivity index (χ0) is 18.8. The fraction of sp³-hybridized carbons (Fsp3) is 0.222. The third-order valence-corrected chi connectivity index (χ3v) is 4.03. The summed E-state index contributed by atoms with van der Waals surface area (Å²) in [4.78, 5) is 26.0. The molecule has 2 amide bonds. The second-order valence-electron chi connectivity index (χ2n) is 5.64. The summed E-state index contributed by atoms with van der Waals surface area (Å²) in [6.07, 6.45) is -0.105. The van der Waals surface area contributed by atoms with Crippen LogP contribution in [0.5, 0.6) is 11.5 Å². The number of nitrogens with zero attached hydrogens (tertiary/aromatic N) is 1. The lowest BCUT2D eigenvalue weighted by atomic mass is 10.2. The zero-order valence-electron chi connectivity index (χ0n) is 14.1. The molecule has 0 saturated carbocycles. The Bertz CT molecular complexity index is 872. The first kappa shape index (κ1) is 17.7. The third kappa shape index (κ3) is 3.17. The number of hydrogen-bond acceptors (Lipinski definition) is 5. The maximum absolute atomic E-state index is 13.3.